The third kappa shape index (κ3) is 2.61. The van der Waals surface area contributed by atoms with E-state index in [-0.39, 0.29) is 46.4 Å². The van der Waals surface area contributed by atoms with E-state index in [0.29, 0.717) is 18.6 Å². The van der Waals surface area contributed by atoms with Gasteiger partial charge in [-0.25, -0.2) is 0 Å². The van der Waals surface area contributed by atoms with Crippen LogP contribution in [0.5, 0.6) is 0 Å². The Kier molecular flexibility index (Phi) is 4.47. The molecular weight excluding hydrogens is 396 g/mol. The third-order valence-corrected chi connectivity index (χ3v) is 9.67. The highest BCUT2D eigenvalue weighted by molar-refractivity contribution is 6.05. The SMILES string of the molecule is C=C1C(=O)[C@@]23[C@@H]4OC(C)(C)O[C@@H]2C[C@@H]2[C@@](C)(COC(C)=O)CCC[C@@]2(C)[C@@H]3C[C@H](O)[C@@H]14. The zero-order valence-electron chi connectivity index (χ0n) is 19.4. The van der Waals surface area contributed by atoms with E-state index in [4.69, 9.17) is 14.2 Å². The number of aliphatic hydroxyl groups excluding tert-OH is 1. The van der Waals surface area contributed by atoms with Gasteiger partial charge in [-0.2, -0.15) is 0 Å². The summed E-state index contributed by atoms with van der Waals surface area (Å²) in [6, 6.07) is 0. The predicted octanol–water partition coefficient (Wildman–Crippen LogP) is 3.41. The van der Waals surface area contributed by atoms with E-state index in [1.165, 1.54) is 6.92 Å². The van der Waals surface area contributed by atoms with E-state index in [0.717, 1.165) is 25.7 Å². The van der Waals surface area contributed by atoms with E-state index in [1.807, 2.05) is 13.8 Å². The van der Waals surface area contributed by atoms with Crippen molar-refractivity contribution in [3.63, 3.8) is 0 Å². The topological polar surface area (TPSA) is 82.1 Å². The molecule has 0 aromatic heterocycles. The summed E-state index contributed by atoms with van der Waals surface area (Å²) in [7, 11) is 0. The van der Waals surface area contributed by atoms with Crippen LogP contribution in [0.4, 0.5) is 0 Å². The van der Waals surface area contributed by atoms with Crippen LogP contribution in [0.1, 0.15) is 66.7 Å². The van der Waals surface area contributed by atoms with Crippen molar-refractivity contribution in [2.75, 3.05) is 6.61 Å². The van der Waals surface area contributed by atoms with Gasteiger partial charge in [0.15, 0.2) is 11.6 Å². The van der Waals surface area contributed by atoms with E-state index >= 15 is 0 Å². The van der Waals surface area contributed by atoms with Crippen LogP contribution in [0.15, 0.2) is 12.2 Å². The predicted molar refractivity (Wildman–Crippen MR) is 113 cm³/mol. The number of esters is 1. The number of ketones is 1. The minimum atomic E-state index is -0.835. The first kappa shape index (κ1) is 21.6. The molecule has 1 aliphatic heterocycles. The van der Waals surface area contributed by atoms with Crippen molar-refractivity contribution >= 4 is 11.8 Å². The Morgan fingerprint density at radius 2 is 1.87 bits per heavy atom. The molecule has 5 rings (SSSR count). The zero-order valence-corrected chi connectivity index (χ0v) is 19.4. The highest BCUT2D eigenvalue weighted by Gasteiger charge is 2.78. The first-order chi connectivity index (χ1) is 14.4. The number of carbonyl (C=O) groups excluding carboxylic acids is 2. The number of carbonyl (C=O) groups is 2. The first-order valence-electron chi connectivity index (χ1n) is 11.8. The largest absolute Gasteiger partial charge is 0.465 e. The van der Waals surface area contributed by atoms with Crippen LogP contribution in [0.3, 0.4) is 0 Å². The maximum Gasteiger partial charge on any atom is 0.302 e. The van der Waals surface area contributed by atoms with Gasteiger partial charge in [0.2, 0.25) is 0 Å². The molecule has 172 valence electrons. The lowest BCUT2D eigenvalue weighted by Crippen LogP contribution is -2.73. The van der Waals surface area contributed by atoms with E-state index in [9.17, 15) is 14.7 Å². The van der Waals surface area contributed by atoms with Gasteiger partial charge in [-0.1, -0.05) is 26.8 Å². The minimum Gasteiger partial charge on any atom is -0.465 e. The third-order valence-electron chi connectivity index (χ3n) is 9.67. The van der Waals surface area contributed by atoms with Gasteiger partial charge in [0, 0.05) is 18.3 Å². The number of aliphatic hydroxyl groups is 1. The second kappa shape index (κ2) is 6.42. The van der Waals surface area contributed by atoms with Gasteiger partial charge in [0.05, 0.1) is 30.3 Å². The molecule has 0 amide bonds. The fourth-order valence-electron chi connectivity index (χ4n) is 8.61. The summed E-state index contributed by atoms with van der Waals surface area (Å²) in [4.78, 5) is 25.5. The van der Waals surface area contributed by atoms with Gasteiger partial charge < -0.3 is 19.3 Å². The molecule has 6 nitrogen and oxygen atoms in total. The monoisotopic (exact) mass is 432 g/mol. The Bertz CT molecular complexity index is 849. The van der Waals surface area contributed by atoms with Crippen molar-refractivity contribution < 1.29 is 28.9 Å². The summed E-state index contributed by atoms with van der Waals surface area (Å²) < 4.78 is 18.5. The maximum absolute atomic E-state index is 13.9. The Labute approximate surface area is 184 Å². The number of hydrogen-bond acceptors (Lipinski definition) is 6. The molecule has 0 aromatic carbocycles. The van der Waals surface area contributed by atoms with Crippen LogP contribution in [0.2, 0.25) is 0 Å². The van der Waals surface area contributed by atoms with Gasteiger partial charge in [-0.05, 0) is 62.4 Å². The summed E-state index contributed by atoms with van der Waals surface area (Å²) in [5.41, 5.74) is -0.641. The van der Waals surface area contributed by atoms with Gasteiger partial charge >= 0.3 is 5.97 Å². The van der Waals surface area contributed by atoms with Crippen LogP contribution in [0.25, 0.3) is 0 Å². The van der Waals surface area contributed by atoms with Crippen LogP contribution in [-0.2, 0) is 23.8 Å². The van der Waals surface area contributed by atoms with Crippen molar-refractivity contribution in [3.8, 4) is 0 Å². The van der Waals surface area contributed by atoms with Gasteiger partial charge in [0.25, 0.3) is 0 Å². The number of hydrogen-bond donors (Lipinski definition) is 1. The minimum absolute atomic E-state index is 0.0384. The second-order valence-corrected chi connectivity index (χ2v) is 11.8. The Hall–Kier alpha value is -1.24. The van der Waals surface area contributed by atoms with Gasteiger partial charge in [-0.15, -0.1) is 0 Å². The molecule has 4 aliphatic carbocycles. The Morgan fingerprint density at radius 1 is 1.16 bits per heavy atom. The number of Topliss-reactive ketones (excluding diaryl/α,β-unsaturated/α-hetero) is 1. The molecule has 5 fully saturated rings. The molecule has 4 saturated carbocycles. The van der Waals surface area contributed by atoms with E-state index < -0.39 is 23.4 Å². The normalized spacial score (nSPS) is 52.3. The fourth-order valence-corrected chi connectivity index (χ4v) is 8.61. The van der Waals surface area contributed by atoms with Crippen molar-refractivity contribution in [3.05, 3.63) is 12.2 Å². The molecule has 9 atom stereocenters. The maximum atomic E-state index is 13.9. The highest BCUT2D eigenvalue weighted by atomic mass is 16.7. The summed E-state index contributed by atoms with van der Waals surface area (Å²) in [6.45, 7) is 14.3. The smallest absolute Gasteiger partial charge is 0.302 e. The number of fused-ring (bicyclic) bond motifs is 2. The summed E-state index contributed by atoms with van der Waals surface area (Å²) >= 11 is 0. The lowest BCUT2D eigenvalue weighted by molar-refractivity contribution is -0.386. The molecule has 0 radical (unpaired) electrons. The van der Waals surface area contributed by atoms with Crippen molar-refractivity contribution in [2.24, 2.45) is 34.0 Å². The molecule has 1 N–H and O–H groups in total. The van der Waals surface area contributed by atoms with Crippen LogP contribution in [0, 0.1) is 34.0 Å². The lowest BCUT2D eigenvalue weighted by atomic mass is 9.39. The molecule has 1 saturated heterocycles. The summed E-state index contributed by atoms with van der Waals surface area (Å²) in [5, 5.41) is 11.2. The van der Waals surface area contributed by atoms with Crippen molar-refractivity contribution in [2.45, 2.75) is 90.8 Å². The second-order valence-electron chi connectivity index (χ2n) is 11.8. The molecule has 0 unspecified atom stereocenters. The number of rotatable bonds is 2. The highest BCUT2D eigenvalue weighted by Crippen LogP contribution is 2.73. The summed E-state index contributed by atoms with van der Waals surface area (Å²) in [6.07, 6.45) is 2.93. The van der Waals surface area contributed by atoms with Gasteiger partial charge in [-0.3, -0.25) is 9.59 Å². The number of ether oxygens (including phenoxy) is 3. The Morgan fingerprint density at radius 3 is 2.55 bits per heavy atom. The van der Waals surface area contributed by atoms with E-state index in [1.54, 1.807) is 0 Å². The molecule has 31 heavy (non-hydrogen) atoms. The van der Waals surface area contributed by atoms with Crippen molar-refractivity contribution in [1.82, 2.24) is 0 Å². The molecule has 2 bridgehead atoms. The fraction of sp³-hybridized carbons (Fsp3) is 0.840. The average Bonchev–Trinajstić information content (AvgIpc) is 2.82. The molecular formula is C25H36O6. The van der Waals surface area contributed by atoms with Crippen LogP contribution < -0.4 is 0 Å². The van der Waals surface area contributed by atoms with Gasteiger partial charge in [0.1, 0.15) is 0 Å². The Balaban J connectivity index is 1.65. The molecule has 0 aromatic rings. The quantitative estimate of drug-likeness (QED) is 0.532. The molecule has 5 aliphatic rings. The molecule has 6 heteroatoms. The van der Waals surface area contributed by atoms with Crippen LogP contribution >= 0.6 is 0 Å². The molecule has 1 spiro atoms. The standard InChI is InChI=1S/C25H36O6/c1-13-19-15(27)10-17-24(6)9-7-8-23(5,12-29-14(2)26)16(24)11-18-25(17,20(13)28)21(19)31-22(3,4)30-18/h15-19,21,27H,1,7-12H2,2-6H3/t15-,16+,17-,18+,19+,21+,23+,24+,25-/m0/s1. The first-order valence-corrected chi connectivity index (χ1v) is 11.8. The average molecular weight is 433 g/mol. The zero-order chi connectivity index (χ0) is 22.6. The lowest BCUT2D eigenvalue weighted by Gasteiger charge is -2.69. The molecule has 1 heterocycles. The van der Waals surface area contributed by atoms with E-state index in [2.05, 4.69) is 20.4 Å². The van der Waals surface area contributed by atoms with Crippen LogP contribution in [-0.4, -0.2) is 47.6 Å². The van der Waals surface area contributed by atoms with Crippen molar-refractivity contribution in [1.29, 1.82) is 0 Å². The summed E-state index contributed by atoms with van der Waals surface area (Å²) in [5.74, 6) is -1.25.